The summed E-state index contributed by atoms with van der Waals surface area (Å²) < 4.78 is 1.97. The zero-order chi connectivity index (χ0) is 11.1. The van der Waals surface area contributed by atoms with E-state index in [-0.39, 0.29) is 5.91 Å². The highest BCUT2D eigenvalue weighted by Crippen LogP contribution is 2.21. The van der Waals surface area contributed by atoms with E-state index in [1.54, 1.807) is 6.33 Å². The van der Waals surface area contributed by atoms with E-state index in [4.69, 9.17) is 0 Å². The van der Waals surface area contributed by atoms with Gasteiger partial charge in [0.15, 0.2) is 0 Å². The Morgan fingerprint density at radius 2 is 2.19 bits per heavy atom. The highest BCUT2D eigenvalue weighted by molar-refractivity contribution is 5.98. The Labute approximate surface area is 92.9 Å². The van der Waals surface area contributed by atoms with Gasteiger partial charge in [-0.05, 0) is 19.1 Å². The first kappa shape index (κ1) is 9.15. The lowest BCUT2D eigenvalue weighted by atomic mass is 10.1. The molecule has 0 atom stereocenters. The van der Waals surface area contributed by atoms with Crippen molar-refractivity contribution in [3.63, 3.8) is 0 Å². The molecule has 0 fully saturated rings. The van der Waals surface area contributed by atoms with Crippen molar-refractivity contribution in [1.29, 1.82) is 0 Å². The minimum Gasteiger partial charge on any atom is -0.346 e. The summed E-state index contributed by atoms with van der Waals surface area (Å²) in [4.78, 5) is 16.1. The summed E-state index contributed by atoms with van der Waals surface area (Å²) in [5.74, 6) is -0.0290. The predicted octanol–water partition coefficient (Wildman–Crippen LogP) is 1.42. The standard InChI is InChI=1S/C12H11N3O/c1-8-11-6-13-12(16)9-4-2-3-5-10(9)15(11)7-14-8/h2-5,7H,6H2,1H3,(H,13,16). The molecule has 3 rings (SSSR count). The molecular formula is C12H11N3O. The van der Waals surface area contributed by atoms with Gasteiger partial charge in [-0.2, -0.15) is 0 Å². The van der Waals surface area contributed by atoms with Gasteiger partial charge in [0.1, 0.15) is 0 Å². The molecule has 80 valence electrons. The van der Waals surface area contributed by atoms with E-state index in [0.29, 0.717) is 12.1 Å². The maximum atomic E-state index is 11.8. The SMILES string of the molecule is Cc1ncn2c1CNC(=O)c1ccccc1-2. The molecule has 0 bridgehead atoms. The third kappa shape index (κ3) is 1.16. The number of rotatable bonds is 0. The molecule has 1 N–H and O–H groups in total. The topological polar surface area (TPSA) is 46.9 Å². The van der Waals surface area contributed by atoms with Crippen molar-refractivity contribution < 1.29 is 4.79 Å². The molecule has 1 amide bonds. The summed E-state index contributed by atoms with van der Waals surface area (Å²) in [6, 6.07) is 7.56. The highest BCUT2D eigenvalue weighted by Gasteiger charge is 2.20. The molecule has 1 aliphatic rings. The van der Waals surface area contributed by atoms with E-state index in [1.807, 2.05) is 35.8 Å². The third-order valence-electron chi connectivity index (χ3n) is 2.90. The lowest BCUT2D eigenvalue weighted by molar-refractivity contribution is 0.0953. The Bertz CT molecular complexity index is 571. The Hall–Kier alpha value is -2.10. The zero-order valence-corrected chi connectivity index (χ0v) is 8.90. The highest BCUT2D eigenvalue weighted by atomic mass is 16.1. The lowest BCUT2D eigenvalue weighted by Crippen LogP contribution is -2.21. The zero-order valence-electron chi connectivity index (χ0n) is 8.90. The van der Waals surface area contributed by atoms with Gasteiger partial charge in [0.25, 0.3) is 5.91 Å². The van der Waals surface area contributed by atoms with Gasteiger partial charge in [0.05, 0.1) is 35.5 Å². The Kier molecular flexibility index (Phi) is 1.83. The number of fused-ring (bicyclic) bond motifs is 3. The molecule has 1 aromatic heterocycles. The first-order valence-electron chi connectivity index (χ1n) is 5.18. The van der Waals surface area contributed by atoms with E-state index in [1.165, 1.54) is 0 Å². The Morgan fingerprint density at radius 1 is 1.38 bits per heavy atom. The van der Waals surface area contributed by atoms with Gasteiger partial charge in [-0.25, -0.2) is 4.98 Å². The fourth-order valence-electron chi connectivity index (χ4n) is 2.02. The summed E-state index contributed by atoms with van der Waals surface area (Å²) in [7, 11) is 0. The number of imidazole rings is 1. The van der Waals surface area contributed by atoms with Crippen LogP contribution in [0.5, 0.6) is 0 Å². The van der Waals surface area contributed by atoms with Gasteiger partial charge in [-0.1, -0.05) is 12.1 Å². The van der Waals surface area contributed by atoms with Crippen LogP contribution in [-0.4, -0.2) is 15.5 Å². The molecule has 1 aromatic carbocycles. The van der Waals surface area contributed by atoms with Crippen LogP contribution in [-0.2, 0) is 6.54 Å². The van der Waals surface area contributed by atoms with Crippen molar-refractivity contribution >= 4 is 5.91 Å². The average molecular weight is 213 g/mol. The Morgan fingerprint density at radius 3 is 3.06 bits per heavy atom. The third-order valence-corrected chi connectivity index (χ3v) is 2.90. The largest absolute Gasteiger partial charge is 0.346 e. The normalized spacial score (nSPS) is 13.7. The summed E-state index contributed by atoms with van der Waals surface area (Å²) in [6.07, 6.45) is 1.77. The molecule has 2 aromatic rings. The van der Waals surface area contributed by atoms with Crippen LogP contribution in [0.2, 0.25) is 0 Å². The molecule has 16 heavy (non-hydrogen) atoms. The van der Waals surface area contributed by atoms with Gasteiger partial charge in [0, 0.05) is 0 Å². The molecule has 0 radical (unpaired) electrons. The van der Waals surface area contributed by atoms with E-state index in [2.05, 4.69) is 10.3 Å². The van der Waals surface area contributed by atoms with E-state index in [0.717, 1.165) is 17.1 Å². The molecular weight excluding hydrogens is 202 g/mol. The molecule has 0 spiro atoms. The maximum Gasteiger partial charge on any atom is 0.253 e. The molecule has 0 saturated heterocycles. The fraction of sp³-hybridized carbons (Fsp3) is 0.167. The van der Waals surface area contributed by atoms with Crippen molar-refractivity contribution in [3.8, 4) is 5.69 Å². The van der Waals surface area contributed by atoms with Crippen molar-refractivity contribution in [2.24, 2.45) is 0 Å². The van der Waals surface area contributed by atoms with Crippen molar-refractivity contribution in [2.45, 2.75) is 13.5 Å². The smallest absolute Gasteiger partial charge is 0.253 e. The molecule has 1 aliphatic heterocycles. The molecule has 0 unspecified atom stereocenters. The quantitative estimate of drug-likeness (QED) is 0.719. The van der Waals surface area contributed by atoms with Gasteiger partial charge in [-0.3, -0.25) is 4.79 Å². The fourth-order valence-corrected chi connectivity index (χ4v) is 2.02. The van der Waals surface area contributed by atoms with Gasteiger partial charge in [-0.15, -0.1) is 0 Å². The predicted molar refractivity (Wildman–Crippen MR) is 59.5 cm³/mol. The van der Waals surface area contributed by atoms with E-state index >= 15 is 0 Å². The minimum absolute atomic E-state index is 0.0290. The summed E-state index contributed by atoms with van der Waals surface area (Å²) in [5, 5.41) is 2.88. The molecule has 4 nitrogen and oxygen atoms in total. The number of hydrogen-bond acceptors (Lipinski definition) is 2. The number of hydrogen-bond donors (Lipinski definition) is 1. The number of benzene rings is 1. The van der Waals surface area contributed by atoms with Gasteiger partial charge in [0.2, 0.25) is 0 Å². The van der Waals surface area contributed by atoms with Crippen LogP contribution in [0.1, 0.15) is 21.7 Å². The molecule has 4 heteroatoms. The van der Waals surface area contributed by atoms with Crippen molar-refractivity contribution in [3.05, 3.63) is 47.5 Å². The second-order valence-corrected chi connectivity index (χ2v) is 3.85. The van der Waals surface area contributed by atoms with Crippen LogP contribution < -0.4 is 5.32 Å². The van der Waals surface area contributed by atoms with Crippen LogP contribution in [0.25, 0.3) is 5.69 Å². The number of carbonyl (C=O) groups is 1. The summed E-state index contributed by atoms with van der Waals surface area (Å²) in [6.45, 7) is 2.48. The van der Waals surface area contributed by atoms with Gasteiger partial charge < -0.3 is 9.88 Å². The van der Waals surface area contributed by atoms with Gasteiger partial charge >= 0.3 is 0 Å². The first-order chi connectivity index (χ1) is 7.77. The van der Waals surface area contributed by atoms with Crippen molar-refractivity contribution in [1.82, 2.24) is 14.9 Å². The number of para-hydroxylation sites is 1. The first-order valence-corrected chi connectivity index (χ1v) is 5.18. The number of amides is 1. The van der Waals surface area contributed by atoms with Crippen LogP contribution >= 0.6 is 0 Å². The number of aryl methyl sites for hydroxylation is 1. The second-order valence-electron chi connectivity index (χ2n) is 3.85. The maximum absolute atomic E-state index is 11.8. The lowest BCUT2D eigenvalue weighted by Gasteiger charge is -2.06. The number of aromatic nitrogens is 2. The number of nitrogens with one attached hydrogen (secondary N) is 1. The summed E-state index contributed by atoms with van der Waals surface area (Å²) >= 11 is 0. The van der Waals surface area contributed by atoms with Crippen LogP contribution in [0.4, 0.5) is 0 Å². The monoisotopic (exact) mass is 213 g/mol. The second kappa shape index (κ2) is 3.20. The molecule has 0 saturated carbocycles. The van der Waals surface area contributed by atoms with Crippen LogP contribution in [0, 0.1) is 6.92 Å². The van der Waals surface area contributed by atoms with E-state index < -0.39 is 0 Å². The van der Waals surface area contributed by atoms with E-state index in [9.17, 15) is 4.79 Å². The number of carbonyl (C=O) groups excluding carboxylic acids is 1. The molecule has 0 aliphatic carbocycles. The van der Waals surface area contributed by atoms with Crippen LogP contribution in [0.3, 0.4) is 0 Å². The summed E-state index contributed by atoms with van der Waals surface area (Å²) in [5.41, 5.74) is 3.59. The minimum atomic E-state index is -0.0290. The molecule has 2 heterocycles. The Balaban J connectivity index is 2.32. The van der Waals surface area contributed by atoms with Crippen LogP contribution in [0.15, 0.2) is 30.6 Å². The van der Waals surface area contributed by atoms with Crippen molar-refractivity contribution in [2.75, 3.05) is 0 Å². The number of nitrogens with zero attached hydrogens (tertiary/aromatic N) is 2. The average Bonchev–Trinajstić information content (AvgIpc) is 2.60.